The van der Waals surface area contributed by atoms with Gasteiger partial charge in [-0.1, -0.05) is 103 Å². The molecule has 1 amide bonds. The Morgan fingerprint density at radius 3 is 1.60 bits per heavy atom. The minimum atomic E-state index is -1.44. The highest BCUT2D eigenvalue weighted by molar-refractivity contribution is 6.02. The number of rotatable bonds is 27. The molecule has 2 atom stereocenters. The summed E-state index contributed by atoms with van der Waals surface area (Å²) in [7, 11) is 0. The van der Waals surface area contributed by atoms with Crippen LogP contribution in [0.3, 0.4) is 0 Å². The molecule has 6 N–H and O–H groups in total. The zero-order valence-electron chi connectivity index (χ0n) is 24.3. The molecule has 0 heterocycles. The smallest absolute Gasteiger partial charge is 0.320 e. The molecule has 40 heavy (non-hydrogen) atoms. The number of amides is 1. The Kier molecular flexibility index (Phi) is 22.4. The summed E-state index contributed by atoms with van der Waals surface area (Å²) in [5.74, 6) is -4.88. The number of carbonyl (C=O) groups excluding carboxylic acids is 2. The first-order chi connectivity index (χ1) is 19.1. The second kappa shape index (κ2) is 24.1. The van der Waals surface area contributed by atoms with Gasteiger partial charge >= 0.3 is 17.9 Å². The minimum Gasteiger partial charge on any atom is -0.481 e. The highest BCUT2D eigenvalue weighted by Gasteiger charge is 2.27. The Morgan fingerprint density at radius 2 is 1.18 bits per heavy atom. The number of carboxylic acid groups (broad SMARTS) is 3. The van der Waals surface area contributed by atoms with Crippen LogP contribution in [0.15, 0.2) is 11.6 Å². The van der Waals surface area contributed by atoms with Gasteiger partial charge in [0.05, 0.1) is 12.5 Å². The van der Waals surface area contributed by atoms with Gasteiger partial charge in [0.2, 0.25) is 5.91 Å². The van der Waals surface area contributed by atoms with E-state index >= 15 is 0 Å². The summed E-state index contributed by atoms with van der Waals surface area (Å²) >= 11 is 0. The van der Waals surface area contributed by atoms with Crippen molar-refractivity contribution in [3.8, 4) is 0 Å². The molecule has 0 aliphatic rings. The number of unbranched alkanes of at least 4 members (excludes halogenated alkanes) is 14. The molecular formula is C30H52N2O8. The fourth-order valence-electron chi connectivity index (χ4n) is 4.50. The maximum absolute atomic E-state index is 13.1. The second-order valence-electron chi connectivity index (χ2n) is 10.6. The molecule has 10 heteroatoms. The van der Waals surface area contributed by atoms with Crippen LogP contribution in [0.25, 0.3) is 0 Å². The number of nitrogens with two attached hydrogens (primary N) is 1. The molecule has 10 nitrogen and oxygen atoms in total. The topological polar surface area (TPSA) is 184 Å². The average molecular weight is 569 g/mol. The third-order valence-electron chi connectivity index (χ3n) is 6.90. The Bertz CT molecular complexity index is 797. The summed E-state index contributed by atoms with van der Waals surface area (Å²) in [6.45, 7) is 2.23. The van der Waals surface area contributed by atoms with Crippen LogP contribution in [0, 0.1) is 0 Å². The monoisotopic (exact) mass is 568 g/mol. The summed E-state index contributed by atoms with van der Waals surface area (Å²) in [4.78, 5) is 58.8. The van der Waals surface area contributed by atoms with Crippen molar-refractivity contribution in [2.24, 2.45) is 5.73 Å². The van der Waals surface area contributed by atoms with Crippen molar-refractivity contribution in [2.75, 3.05) is 0 Å². The number of nitrogens with one attached hydrogen (secondary N) is 1. The summed E-state index contributed by atoms with van der Waals surface area (Å²) in [5, 5.41) is 29.7. The number of carboxylic acids is 3. The van der Waals surface area contributed by atoms with Gasteiger partial charge in [0.25, 0.3) is 0 Å². The molecule has 230 valence electrons. The molecule has 0 radical (unpaired) electrons. The first-order valence-corrected chi connectivity index (χ1v) is 15.0. The van der Waals surface area contributed by atoms with Crippen LogP contribution in [0.1, 0.15) is 135 Å². The van der Waals surface area contributed by atoms with Crippen molar-refractivity contribution in [1.82, 2.24) is 5.32 Å². The number of hydrogen-bond donors (Lipinski definition) is 5. The highest BCUT2D eigenvalue weighted by Crippen LogP contribution is 2.16. The van der Waals surface area contributed by atoms with E-state index in [9.17, 15) is 24.0 Å². The molecule has 0 aliphatic carbocycles. The van der Waals surface area contributed by atoms with Crippen LogP contribution in [0.4, 0.5) is 0 Å². The Morgan fingerprint density at radius 1 is 0.700 bits per heavy atom. The van der Waals surface area contributed by atoms with E-state index in [1.165, 1.54) is 70.6 Å². The predicted octanol–water partition coefficient (Wildman–Crippen LogP) is 5.37. The lowest BCUT2D eigenvalue weighted by molar-refractivity contribution is -0.139. The van der Waals surface area contributed by atoms with Crippen LogP contribution < -0.4 is 11.1 Å². The zero-order chi connectivity index (χ0) is 30.2. The lowest BCUT2D eigenvalue weighted by atomic mass is 9.94. The van der Waals surface area contributed by atoms with Crippen molar-refractivity contribution in [2.45, 2.75) is 147 Å². The molecular weight excluding hydrogens is 516 g/mol. The maximum atomic E-state index is 13.1. The van der Waals surface area contributed by atoms with Gasteiger partial charge in [-0.05, 0) is 18.4 Å². The van der Waals surface area contributed by atoms with Gasteiger partial charge in [0, 0.05) is 19.3 Å². The highest BCUT2D eigenvalue weighted by atomic mass is 16.4. The second-order valence-corrected chi connectivity index (χ2v) is 10.6. The average Bonchev–Trinajstić information content (AvgIpc) is 2.90. The SMILES string of the molecule is CCCCCCCCCCCCCCCCCC(=O)N[C@H](CCC(=O)O)C(=O)C(=CCC(=O)O)CC(N)C(=O)O. The van der Waals surface area contributed by atoms with E-state index in [-0.39, 0.29) is 18.4 Å². The quantitative estimate of drug-likeness (QED) is 0.0642. The Labute approximate surface area is 239 Å². The summed E-state index contributed by atoms with van der Waals surface area (Å²) in [5.41, 5.74) is 5.38. The molecule has 0 aromatic heterocycles. The van der Waals surface area contributed by atoms with Gasteiger partial charge < -0.3 is 26.4 Å². The number of ketones is 1. The summed E-state index contributed by atoms with van der Waals surface area (Å²) in [6, 6.07) is -2.65. The predicted molar refractivity (Wildman–Crippen MR) is 154 cm³/mol. The van der Waals surface area contributed by atoms with Gasteiger partial charge in [0.1, 0.15) is 6.04 Å². The standard InChI is InChI=1S/C30H52N2O8/c1-2-3-4-5-6-7-8-9-10-11-12-13-14-15-16-17-26(33)32-25(19-21-28(36)37)29(38)23(18-20-27(34)35)22-24(31)30(39)40/h18,24-25H,2-17,19-22,31H2,1H3,(H,32,33)(H,34,35)(H,36,37)(H,39,40)/t24?,25-/m1/s1. The first kappa shape index (κ1) is 37.2. The van der Waals surface area contributed by atoms with Crippen molar-refractivity contribution >= 4 is 29.6 Å². The lowest BCUT2D eigenvalue weighted by Gasteiger charge is -2.20. The summed E-state index contributed by atoms with van der Waals surface area (Å²) < 4.78 is 0. The van der Waals surface area contributed by atoms with Crippen LogP contribution in [-0.4, -0.2) is 57.0 Å². The van der Waals surface area contributed by atoms with E-state index in [1.807, 2.05) is 0 Å². The number of hydrogen-bond acceptors (Lipinski definition) is 6. The van der Waals surface area contributed by atoms with E-state index in [0.717, 1.165) is 25.3 Å². The van der Waals surface area contributed by atoms with Crippen LogP contribution in [0.2, 0.25) is 0 Å². The largest absolute Gasteiger partial charge is 0.481 e. The van der Waals surface area contributed by atoms with Crippen molar-refractivity contribution in [3.05, 3.63) is 11.6 Å². The molecule has 0 fully saturated rings. The minimum absolute atomic E-state index is 0.153. The summed E-state index contributed by atoms with van der Waals surface area (Å²) in [6.07, 6.45) is 17.6. The molecule has 0 aliphatic heterocycles. The molecule has 0 spiro atoms. The van der Waals surface area contributed by atoms with E-state index in [1.54, 1.807) is 0 Å². The van der Waals surface area contributed by atoms with Gasteiger partial charge in [-0.15, -0.1) is 0 Å². The van der Waals surface area contributed by atoms with Gasteiger partial charge in [-0.2, -0.15) is 0 Å². The van der Waals surface area contributed by atoms with Gasteiger partial charge in [-0.3, -0.25) is 24.0 Å². The van der Waals surface area contributed by atoms with Gasteiger partial charge in [0.15, 0.2) is 5.78 Å². The molecule has 0 saturated heterocycles. The fraction of sp³-hybridized carbons (Fsp3) is 0.767. The van der Waals surface area contributed by atoms with Crippen LogP contribution >= 0.6 is 0 Å². The maximum Gasteiger partial charge on any atom is 0.320 e. The molecule has 0 saturated carbocycles. The van der Waals surface area contributed by atoms with Crippen molar-refractivity contribution in [1.29, 1.82) is 0 Å². The third kappa shape index (κ3) is 21.1. The molecule has 0 rings (SSSR count). The van der Waals surface area contributed by atoms with Crippen molar-refractivity contribution < 1.29 is 39.3 Å². The van der Waals surface area contributed by atoms with E-state index < -0.39 is 60.9 Å². The Hall–Kier alpha value is -2.75. The van der Waals surface area contributed by atoms with Crippen LogP contribution in [0.5, 0.6) is 0 Å². The number of aliphatic carboxylic acids is 3. The van der Waals surface area contributed by atoms with E-state index in [2.05, 4.69) is 12.2 Å². The molecule has 0 bridgehead atoms. The number of carbonyl (C=O) groups is 5. The fourth-order valence-corrected chi connectivity index (χ4v) is 4.50. The molecule has 1 unspecified atom stereocenters. The van der Waals surface area contributed by atoms with Crippen molar-refractivity contribution in [3.63, 3.8) is 0 Å². The van der Waals surface area contributed by atoms with Gasteiger partial charge in [-0.25, -0.2) is 0 Å². The lowest BCUT2D eigenvalue weighted by Crippen LogP contribution is -2.43. The molecule has 0 aromatic carbocycles. The normalized spacial score (nSPS) is 13.0. The Balaban J connectivity index is 4.47. The zero-order valence-corrected chi connectivity index (χ0v) is 24.3. The molecule has 0 aromatic rings. The number of Topliss-reactive ketones (excluding diaryl/α,β-unsaturated/α-hetero) is 1. The van der Waals surface area contributed by atoms with E-state index in [0.29, 0.717) is 6.42 Å². The first-order valence-electron chi connectivity index (χ1n) is 15.0. The van der Waals surface area contributed by atoms with E-state index in [4.69, 9.17) is 21.1 Å². The van der Waals surface area contributed by atoms with Crippen LogP contribution in [-0.2, 0) is 24.0 Å². The third-order valence-corrected chi connectivity index (χ3v) is 6.90.